The van der Waals surface area contributed by atoms with E-state index in [0.717, 1.165) is 28.8 Å². The van der Waals surface area contributed by atoms with E-state index in [1.165, 1.54) is 0 Å². The van der Waals surface area contributed by atoms with E-state index < -0.39 is 0 Å². The van der Waals surface area contributed by atoms with Crippen molar-refractivity contribution in [2.24, 2.45) is 7.05 Å². The summed E-state index contributed by atoms with van der Waals surface area (Å²) in [5.41, 5.74) is 3.67. The van der Waals surface area contributed by atoms with Gasteiger partial charge >= 0.3 is 0 Å². The minimum Gasteiger partial charge on any atom is -0.331 e. The summed E-state index contributed by atoms with van der Waals surface area (Å²) in [7, 11) is 1.99. The molecule has 0 saturated heterocycles. The van der Waals surface area contributed by atoms with Crippen LogP contribution < -0.4 is 0 Å². The standard InChI is InChI=1S/C15H12N4/c1-19-14-5-4-11(9-16)7-13(14)18-15(19)8-12-3-2-6-17-10-12/h2-7,10H,8H2,1H3. The van der Waals surface area contributed by atoms with Crippen molar-refractivity contribution < 1.29 is 0 Å². The fraction of sp³-hybridized carbons (Fsp3) is 0.133. The monoisotopic (exact) mass is 248 g/mol. The van der Waals surface area contributed by atoms with Crippen LogP contribution >= 0.6 is 0 Å². The van der Waals surface area contributed by atoms with E-state index in [9.17, 15) is 0 Å². The number of fused-ring (bicyclic) bond motifs is 1. The van der Waals surface area contributed by atoms with Crippen molar-refractivity contribution >= 4 is 11.0 Å². The molecule has 2 aromatic heterocycles. The predicted molar refractivity (Wildman–Crippen MR) is 72.5 cm³/mol. The van der Waals surface area contributed by atoms with Crippen LogP contribution in [0, 0.1) is 11.3 Å². The molecule has 4 nitrogen and oxygen atoms in total. The van der Waals surface area contributed by atoms with Crippen molar-refractivity contribution in [3.8, 4) is 6.07 Å². The summed E-state index contributed by atoms with van der Waals surface area (Å²) in [6.07, 6.45) is 4.35. The molecule has 3 rings (SSSR count). The Labute approximate surface area is 111 Å². The van der Waals surface area contributed by atoms with Gasteiger partial charge in [-0.25, -0.2) is 4.98 Å². The largest absolute Gasteiger partial charge is 0.331 e. The Hall–Kier alpha value is -2.67. The molecule has 0 radical (unpaired) electrons. The van der Waals surface area contributed by atoms with Crippen molar-refractivity contribution in [1.29, 1.82) is 5.26 Å². The van der Waals surface area contributed by atoms with Crippen molar-refractivity contribution in [2.45, 2.75) is 6.42 Å². The summed E-state index contributed by atoms with van der Waals surface area (Å²) in [6.45, 7) is 0. The first-order valence-electron chi connectivity index (χ1n) is 6.02. The van der Waals surface area contributed by atoms with E-state index in [2.05, 4.69) is 20.6 Å². The molecular formula is C15H12N4. The molecule has 92 valence electrons. The van der Waals surface area contributed by atoms with Gasteiger partial charge in [0, 0.05) is 25.9 Å². The molecule has 0 saturated carbocycles. The van der Waals surface area contributed by atoms with Gasteiger partial charge < -0.3 is 4.57 Å². The molecule has 2 heterocycles. The first-order valence-corrected chi connectivity index (χ1v) is 6.02. The number of hydrogen-bond acceptors (Lipinski definition) is 3. The molecule has 4 heteroatoms. The van der Waals surface area contributed by atoms with Crippen molar-refractivity contribution in [2.75, 3.05) is 0 Å². The van der Waals surface area contributed by atoms with E-state index in [0.29, 0.717) is 5.56 Å². The van der Waals surface area contributed by atoms with Crippen molar-refractivity contribution in [3.63, 3.8) is 0 Å². The third-order valence-electron chi connectivity index (χ3n) is 3.19. The molecule has 19 heavy (non-hydrogen) atoms. The van der Waals surface area contributed by atoms with E-state index in [1.54, 1.807) is 6.20 Å². The fourth-order valence-corrected chi connectivity index (χ4v) is 2.16. The van der Waals surface area contributed by atoms with Crippen LogP contribution in [0.3, 0.4) is 0 Å². The van der Waals surface area contributed by atoms with Crippen LogP contribution in [-0.2, 0) is 13.5 Å². The summed E-state index contributed by atoms with van der Waals surface area (Å²) < 4.78 is 2.06. The maximum atomic E-state index is 8.92. The van der Waals surface area contributed by atoms with E-state index in [1.807, 2.05) is 43.6 Å². The van der Waals surface area contributed by atoms with Gasteiger partial charge in [-0.3, -0.25) is 4.98 Å². The third-order valence-corrected chi connectivity index (χ3v) is 3.19. The normalized spacial score (nSPS) is 10.5. The number of nitrogens with zero attached hydrogens (tertiary/aromatic N) is 4. The lowest BCUT2D eigenvalue weighted by Crippen LogP contribution is -1.99. The van der Waals surface area contributed by atoms with E-state index >= 15 is 0 Å². The second-order valence-corrected chi connectivity index (χ2v) is 4.44. The lowest BCUT2D eigenvalue weighted by molar-refractivity contribution is 0.842. The smallest absolute Gasteiger partial charge is 0.114 e. The highest BCUT2D eigenvalue weighted by molar-refractivity contribution is 5.77. The molecular weight excluding hydrogens is 236 g/mol. The highest BCUT2D eigenvalue weighted by atomic mass is 15.1. The molecule has 0 aliphatic rings. The zero-order valence-electron chi connectivity index (χ0n) is 10.5. The first kappa shape index (κ1) is 11.4. The number of nitriles is 1. The van der Waals surface area contributed by atoms with Crippen LogP contribution in [0.1, 0.15) is 17.0 Å². The van der Waals surface area contributed by atoms with Gasteiger partial charge in [0.05, 0.1) is 22.7 Å². The molecule has 0 spiro atoms. The Morgan fingerprint density at radius 1 is 1.32 bits per heavy atom. The van der Waals surface area contributed by atoms with Crippen molar-refractivity contribution in [1.82, 2.24) is 14.5 Å². The molecule has 0 amide bonds. The second kappa shape index (κ2) is 4.54. The Balaban J connectivity index is 2.05. The van der Waals surface area contributed by atoms with Gasteiger partial charge in [-0.1, -0.05) is 6.07 Å². The summed E-state index contributed by atoms with van der Waals surface area (Å²) in [5, 5.41) is 8.92. The topological polar surface area (TPSA) is 54.5 Å². The Kier molecular flexibility index (Phi) is 2.73. The summed E-state index contributed by atoms with van der Waals surface area (Å²) >= 11 is 0. The molecule has 0 unspecified atom stereocenters. The summed E-state index contributed by atoms with van der Waals surface area (Å²) in [5.74, 6) is 0.970. The van der Waals surface area contributed by atoms with E-state index in [-0.39, 0.29) is 0 Å². The second-order valence-electron chi connectivity index (χ2n) is 4.44. The van der Waals surface area contributed by atoms with E-state index in [4.69, 9.17) is 5.26 Å². The van der Waals surface area contributed by atoms with Gasteiger partial charge in [-0.2, -0.15) is 5.26 Å². The van der Waals surface area contributed by atoms with Gasteiger partial charge in [0.15, 0.2) is 0 Å². The van der Waals surface area contributed by atoms with Crippen LogP contribution in [0.4, 0.5) is 0 Å². The summed E-state index contributed by atoms with van der Waals surface area (Å²) in [6, 6.07) is 11.7. The predicted octanol–water partition coefficient (Wildman–Crippen LogP) is 2.43. The van der Waals surface area contributed by atoms with Crippen molar-refractivity contribution in [3.05, 3.63) is 59.7 Å². The van der Waals surface area contributed by atoms with Gasteiger partial charge in [0.1, 0.15) is 5.82 Å². The zero-order valence-corrected chi connectivity index (χ0v) is 10.5. The van der Waals surface area contributed by atoms with Crippen LogP contribution in [0.15, 0.2) is 42.7 Å². The third kappa shape index (κ3) is 2.06. The molecule has 0 aliphatic heterocycles. The Bertz CT molecular complexity index is 766. The quantitative estimate of drug-likeness (QED) is 0.700. The average molecular weight is 248 g/mol. The van der Waals surface area contributed by atoms with Gasteiger partial charge in [-0.15, -0.1) is 0 Å². The number of rotatable bonds is 2. The SMILES string of the molecule is Cn1c(Cc2cccnc2)nc2cc(C#N)ccc21. The highest BCUT2D eigenvalue weighted by Crippen LogP contribution is 2.18. The van der Waals surface area contributed by atoms with Crippen LogP contribution in [-0.4, -0.2) is 14.5 Å². The fourth-order valence-electron chi connectivity index (χ4n) is 2.16. The lowest BCUT2D eigenvalue weighted by Gasteiger charge is -2.01. The molecule has 0 N–H and O–H groups in total. The molecule has 0 bridgehead atoms. The lowest BCUT2D eigenvalue weighted by atomic mass is 10.2. The minimum atomic E-state index is 0.638. The van der Waals surface area contributed by atoms with Crippen LogP contribution in [0.5, 0.6) is 0 Å². The molecule has 1 aromatic carbocycles. The minimum absolute atomic E-state index is 0.638. The summed E-state index contributed by atoms with van der Waals surface area (Å²) in [4.78, 5) is 8.71. The number of aromatic nitrogens is 3. The van der Waals surface area contributed by atoms with Crippen LogP contribution in [0.25, 0.3) is 11.0 Å². The molecule has 0 fully saturated rings. The maximum absolute atomic E-state index is 8.92. The number of aryl methyl sites for hydroxylation is 1. The Morgan fingerprint density at radius 3 is 2.95 bits per heavy atom. The van der Waals surface area contributed by atoms with Gasteiger partial charge in [0.2, 0.25) is 0 Å². The number of imidazole rings is 1. The zero-order chi connectivity index (χ0) is 13.2. The highest BCUT2D eigenvalue weighted by Gasteiger charge is 2.08. The maximum Gasteiger partial charge on any atom is 0.114 e. The number of pyridine rings is 1. The first-order chi connectivity index (χ1) is 9.28. The number of hydrogen-bond donors (Lipinski definition) is 0. The number of benzene rings is 1. The van der Waals surface area contributed by atoms with Gasteiger partial charge in [-0.05, 0) is 29.8 Å². The average Bonchev–Trinajstić information content (AvgIpc) is 2.76. The van der Waals surface area contributed by atoms with Crippen LogP contribution in [0.2, 0.25) is 0 Å². The molecule has 0 aliphatic carbocycles. The Morgan fingerprint density at radius 2 is 2.21 bits per heavy atom. The van der Waals surface area contributed by atoms with Gasteiger partial charge in [0.25, 0.3) is 0 Å². The molecule has 3 aromatic rings. The molecule has 0 atom stereocenters.